The van der Waals surface area contributed by atoms with Crippen LogP contribution in [0.15, 0.2) is 12.1 Å². The molecule has 10 heavy (non-hydrogen) atoms. The van der Waals surface area contributed by atoms with Gasteiger partial charge in [-0.3, -0.25) is 0 Å². The lowest BCUT2D eigenvalue weighted by molar-refractivity contribution is 0.471. The van der Waals surface area contributed by atoms with E-state index >= 15 is 0 Å². The van der Waals surface area contributed by atoms with E-state index in [0.29, 0.717) is 16.3 Å². The highest BCUT2D eigenvalue weighted by Gasteiger charge is 2.00. The molecule has 3 heteroatoms. The fourth-order valence-electron chi connectivity index (χ4n) is 0.685. The van der Waals surface area contributed by atoms with E-state index in [1.165, 1.54) is 6.07 Å². The zero-order chi connectivity index (χ0) is 7.72. The average molecular weight is 158 g/mol. The minimum Gasteiger partial charge on any atom is -0.508 e. The molecule has 0 radical (unpaired) electrons. The number of phenolic OH excluding ortho intramolecular Hbond substituents is 1. The highest BCUT2D eigenvalue weighted by molar-refractivity contribution is 6.31. The molecular formula is C7H8ClNO. The first-order valence-corrected chi connectivity index (χ1v) is 3.23. The molecule has 0 atom stereocenters. The van der Waals surface area contributed by atoms with Crippen LogP contribution < -0.4 is 5.73 Å². The van der Waals surface area contributed by atoms with Crippen LogP contribution in [0.2, 0.25) is 5.02 Å². The largest absolute Gasteiger partial charge is 0.508 e. The van der Waals surface area contributed by atoms with Crippen molar-refractivity contribution in [2.24, 2.45) is 0 Å². The zero-order valence-electron chi connectivity index (χ0n) is 5.56. The molecule has 0 fully saturated rings. The second-order valence-electron chi connectivity index (χ2n) is 2.14. The smallest absolute Gasteiger partial charge is 0.122 e. The van der Waals surface area contributed by atoms with Crippen LogP contribution in [0.25, 0.3) is 0 Å². The zero-order valence-corrected chi connectivity index (χ0v) is 6.31. The van der Waals surface area contributed by atoms with Crippen LogP contribution in [-0.4, -0.2) is 5.11 Å². The lowest BCUT2D eigenvalue weighted by Crippen LogP contribution is -1.88. The van der Waals surface area contributed by atoms with E-state index in [0.717, 1.165) is 0 Å². The summed E-state index contributed by atoms with van der Waals surface area (Å²) in [5.74, 6) is 0.144. The lowest BCUT2D eigenvalue weighted by atomic mass is 10.2. The Morgan fingerprint density at radius 2 is 2.10 bits per heavy atom. The number of nitrogens with two attached hydrogens (primary N) is 1. The fourth-order valence-corrected chi connectivity index (χ4v) is 0.906. The standard InChI is InChI=1S/C7H8ClNO/c1-4-6(9)2-5(8)3-7(4)10/h2-3,10H,9H2,1H3. The molecule has 3 N–H and O–H groups in total. The van der Waals surface area contributed by atoms with E-state index in [2.05, 4.69) is 0 Å². The van der Waals surface area contributed by atoms with Crippen LogP contribution in [0.1, 0.15) is 5.56 Å². The van der Waals surface area contributed by atoms with Gasteiger partial charge in [0.2, 0.25) is 0 Å². The Balaban J connectivity index is 3.31. The molecule has 0 spiro atoms. The third kappa shape index (κ3) is 1.16. The van der Waals surface area contributed by atoms with E-state index in [1.54, 1.807) is 13.0 Å². The van der Waals surface area contributed by atoms with Gasteiger partial charge in [-0.25, -0.2) is 0 Å². The second-order valence-corrected chi connectivity index (χ2v) is 2.58. The first kappa shape index (κ1) is 7.22. The summed E-state index contributed by atoms with van der Waals surface area (Å²) in [5, 5.41) is 9.58. The number of phenols is 1. The molecule has 1 rings (SSSR count). The van der Waals surface area contributed by atoms with Crippen molar-refractivity contribution in [1.29, 1.82) is 0 Å². The minimum atomic E-state index is 0.144. The Kier molecular flexibility index (Phi) is 1.72. The molecule has 0 saturated carbocycles. The van der Waals surface area contributed by atoms with Gasteiger partial charge in [-0.05, 0) is 19.1 Å². The molecule has 0 unspecified atom stereocenters. The molecule has 1 aromatic carbocycles. The number of hydrogen-bond acceptors (Lipinski definition) is 2. The van der Waals surface area contributed by atoms with Crippen LogP contribution >= 0.6 is 11.6 Å². The maximum atomic E-state index is 9.12. The van der Waals surface area contributed by atoms with Gasteiger partial charge in [0.05, 0.1) is 0 Å². The number of halogens is 1. The van der Waals surface area contributed by atoms with Crippen molar-refractivity contribution in [3.8, 4) is 5.75 Å². The van der Waals surface area contributed by atoms with Crippen molar-refractivity contribution in [1.82, 2.24) is 0 Å². The summed E-state index contributed by atoms with van der Waals surface area (Å²) in [6.45, 7) is 1.74. The van der Waals surface area contributed by atoms with Crippen LogP contribution in [0, 0.1) is 6.92 Å². The van der Waals surface area contributed by atoms with Gasteiger partial charge in [0.1, 0.15) is 5.75 Å². The first-order valence-electron chi connectivity index (χ1n) is 2.86. The molecule has 1 aromatic rings. The Labute approximate surface area is 64.2 Å². The predicted octanol–water partition coefficient (Wildman–Crippen LogP) is 1.94. The van der Waals surface area contributed by atoms with Crippen molar-refractivity contribution < 1.29 is 5.11 Å². The normalized spacial score (nSPS) is 9.80. The third-order valence-corrected chi connectivity index (χ3v) is 1.60. The van der Waals surface area contributed by atoms with E-state index in [1.807, 2.05) is 0 Å². The molecule has 0 aliphatic carbocycles. The molecule has 0 aliphatic rings. The van der Waals surface area contributed by atoms with Gasteiger partial charge >= 0.3 is 0 Å². The molecule has 0 saturated heterocycles. The second kappa shape index (κ2) is 2.39. The summed E-state index contributed by atoms with van der Waals surface area (Å²) in [5.41, 5.74) is 6.67. The fraction of sp³-hybridized carbons (Fsp3) is 0.143. The molecular weight excluding hydrogens is 150 g/mol. The van der Waals surface area contributed by atoms with Gasteiger partial charge in [-0.1, -0.05) is 11.6 Å². The quantitative estimate of drug-likeness (QED) is 0.566. The van der Waals surface area contributed by atoms with Crippen molar-refractivity contribution in [2.45, 2.75) is 6.92 Å². The summed E-state index contributed by atoms with van der Waals surface area (Å²) < 4.78 is 0. The topological polar surface area (TPSA) is 46.2 Å². The molecule has 0 aliphatic heterocycles. The highest BCUT2D eigenvalue weighted by Crippen LogP contribution is 2.26. The van der Waals surface area contributed by atoms with Gasteiger partial charge in [0.15, 0.2) is 0 Å². The highest BCUT2D eigenvalue weighted by atomic mass is 35.5. The van der Waals surface area contributed by atoms with E-state index in [4.69, 9.17) is 22.4 Å². The summed E-state index contributed by atoms with van der Waals surface area (Å²) in [6.07, 6.45) is 0. The van der Waals surface area contributed by atoms with Crippen LogP contribution in [0.3, 0.4) is 0 Å². The Morgan fingerprint density at radius 3 is 2.60 bits per heavy atom. The van der Waals surface area contributed by atoms with Gasteiger partial charge in [0.25, 0.3) is 0 Å². The first-order chi connectivity index (χ1) is 4.61. The molecule has 0 aromatic heterocycles. The SMILES string of the molecule is Cc1c(N)cc(Cl)cc1O. The molecule has 54 valence electrons. The lowest BCUT2D eigenvalue weighted by Gasteiger charge is -2.02. The van der Waals surface area contributed by atoms with E-state index in [-0.39, 0.29) is 5.75 Å². The number of nitrogen functional groups attached to an aromatic ring is 1. The number of anilines is 1. The maximum absolute atomic E-state index is 9.12. The molecule has 2 nitrogen and oxygen atoms in total. The van der Waals surface area contributed by atoms with Gasteiger partial charge in [-0.15, -0.1) is 0 Å². The van der Waals surface area contributed by atoms with Crippen molar-refractivity contribution in [3.63, 3.8) is 0 Å². The van der Waals surface area contributed by atoms with Crippen molar-refractivity contribution >= 4 is 17.3 Å². The van der Waals surface area contributed by atoms with Gasteiger partial charge in [0, 0.05) is 16.3 Å². The van der Waals surface area contributed by atoms with Crippen molar-refractivity contribution in [3.05, 3.63) is 22.7 Å². The maximum Gasteiger partial charge on any atom is 0.122 e. The van der Waals surface area contributed by atoms with E-state index in [9.17, 15) is 0 Å². The van der Waals surface area contributed by atoms with Gasteiger partial charge in [-0.2, -0.15) is 0 Å². The third-order valence-electron chi connectivity index (χ3n) is 1.39. The summed E-state index contributed by atoms with van der Waals surface area (Å²) in [7, 11) is 0. The van der Waals surface area contributed by atoms with Gasteiger partial charge < -0.3 is 10.8 Å². The Hall–Kier alpha value is -0.890. The number of rotatable bonds is 0. The van der Waals surface area contributed by atoms with E-state index < -0.39 is 0 Å². The molecule has 0 bridgehead atoms. The Morgan fingerprint density at radius 1 is 1.50 bits per heavy atom. The van der Waals surface area contributed by atoms with Crippen LogP contribution in [0.4, 0.5) is 5.69 Å². The Bertz CT molecular complexity index is 237. The van der Waals surface area contributed by atoms with Crippen molar-refractivity contribution in [2.75, 3.05) is 5.73 Å². The van der Waals surface area contributed by atoms with Crippen LogP contribution in [0.5, 0.6) is 5.75 Å². The molecule has 0 heterocycles. The minimum absolute atomic E-state index is 0.144. The summed E-state index contributed by atoms with van der Waals surface area (Å²) >= 11 is 5.58. The summed E-state index contributed by atoms with van der Waals surface area (Å²) in [6, 6.07) is 3.07. The average Bonchev–Trinajstić information content (AvgIpc) is 1.82. The number of aromatic hydroxyl groups is 1. The monoisotopic (exact) mass is 157 g/mol. The number of hydrogen-bond donors (Lipinski definition) is 2. The predicted molar refractivity (Wildman–Crippen MR) is 42.3 cm³/mol. The number of benzene rings is 1. The molecule has 0 amide bonds. The summed E-state index contributed by atoms with van der Waals surface area (Å²) in [4.78, 5) is 0. The van der Waals surface area contributed by atoms with Crippen LogP contribution in [-0.2, 0) is 0 Å².